The number of anilines is 2. The van der Waals surface area contributed by atoms with Crippen LogP contribution in [0, 0.1) is 0 Å². The summed E-state index contributed by atoms with van der Waals surface area (Å²) in [6.07, 6.45) is 7.29. The lowest BCUT2D eigenvalue weighted by atomic mass is 10.0. The quantitative estimate of drug-likeness (QED) is 0.445. The van der Waals surface area contributed by atoms with E-state index >= 15 is 0 Å². The molecular formula is C26H25N5O. The van der Waals surface area contributed by atoms with Crippen LogP contribution >= 0.6 is 0 Å². The number of hydrogen-bond acceptors (Lipinski definition) is 4. The molecule has 6 nitrogen and oxygen atoms in total. The molecule has 0 fully saturated rings. The SMILES string of the molecule is C=CN(C)c1ccc(C(=O)Nc2cc3cc(-c4cnn(C)c4)ccc3cn2)cc1C(=C)C. The number of aryl methyl sites for hydroxylation is 1. The molecule has 1 N–H and O–H groups in total. The predicted octanol–water partition coefficient (Wildman–Crippen LogP) is 5.50. The van der Waals surface area contributed by atoms with Crippen LogP contribution < -0.4 is 10.2 Å². The van der Waals surface area contributed by atoms with Crippen LogP contribution in [0.25, 0.3) is 27.5 Å². The minimum absolute atomic E-state index is 0.226. The lowest BCUT2D eigenvalue weighted by Gasteiger charge is -2.19. The Morgan fingerprint density at radius 2 is 1.91 bits per heavy atom. The first-order valence-electron chi connectivity index (χ1n) is 10.2. The Morgan fingerprint density at radius 1 is 1.09 bits per heavy atom. The summed E-state index contributed by atoms with van der Waals surface area (Å²) in [5.74, 6) is 0.269. The van der Waals surface area contributed by atoms with Crippen LogP contribution in [-0.2, 0) is 7.05 Å². The van der Waals surface area contributed by atoms with E-state index in [1.807, 2.05) is 68.6 Å². The number of fused-ring (bicyclic) bond motifs is 1. The zero-order valence-corrected chi connectivity index (χ0v) is 18.5. The Morgan fingerprint density at radius 3 is 2.59 bits per heavy atom. The minimum Gasteiger partial charge on any atom is -0.351 e. The third-order valence-corrected chi connectivity index (χ3v) is 5.37. The number of pyridine rings is 1. The van der Waals surface area contributed by atoms with E-state index in [0.717, 1.165) is 38.7 Å². The van der Waals surface area contributed by atoms with Gasteiger partial charge in [-0.25, -0.2) is 4.98 Å². The normalized spacial score (nSPS) is 10.7. The molecule has 0 saturated heterocycles. The Kier molecular flexibility index (Phi) is 5.60. The number of aromatic nitrogens is 3. The second-order valence-electron chi connectivity index (χ2n) is 7.79. The molecule has 0 unspecified atom stereocenters. The molecule has 4 aromatic rings. The Bertz CT molecular complexity index is 1350. The average molecular weight is 424 g/mol. The molecule has 6 heteroatoms. The number of benzene rings is 2. The van der Waals surface area contributed by atoms with Crippen LogP contribution in [0.3, 0.4) is 0 Å². The fraction of sp³-hybridized carbons (Fsp3) is 0.115. The van der Waals surface area contributed by atoms with Gasteiger partial charge < -0.3 is 10.2 Å². The number of nitrogens with zero attached hydrogens (tertiary/aromatic N) is 4. The standard InChI is InChI=1S/C26H25N5O/c1-6-30(4)24-10-9-19(12-23(24)17(2)3)26(32)29-25-13-21-11-18(7-8-20(21)14-27-25)22-15-28-31(5)16-22/h6-16H,1-2H2,3-5H3,(H,27,29,32). The topological polar surface area (TPSA) is 63.1 Å². The predicted molar refractivity (Wildman–Crippen MR) is 132 cm³/mol. The van der Waals surface area contributed by atoms with E-state index in [4.69, 9.17) is 0 Å². The molecule has 2 heterocycles. The van der Waals surface area contributed by atoms with Crippen LogP contribution in [0.15, 0.2) is 80.4 Å². The van der Waals surface area contributed by atoms with E-state index in [9.17, 15) is 4.79 Å². The van der Waals surface area contributed by atoms with Crippen molar-refractivity contribution in [1.29, 1.82) is 0 Å². The van der Waals surface area contributed by atoms with Gasteiger partial charge in [0.25, 0.3) is 5.91 Å². The molecular weight excluding hydrogens is 398 g/mol. The maximum atomic E-state index is 12.9. The third-order valence-electron chi connectivity index (χ3n) is 5.37. The highest BCUT2D eigenvalue weighted by Gasteiger charge is 2.13. The van der Waals surface area contributed by atoms with E-state index in [0.29, 0.717) is 11.4 Å². The number of nitrogens with one attached hydrogen (secondary N) is 1. The highest BCUT2D eigenvalue weighted by Crippen LogP contribution is 2.28. The first-order valence-corrected chi connectivity index (χ1v) is 10.2. The number of carbonyl (C=O) groups is 1. The van der Waals surface area contributed by atoms with Gasteiger partial charge in [-0.2, -0.15) is 5.10 Å². The largest absolute Gasteiger partial charge is 0.351 e. The first kappa shape index (κ1) is 21.1. The third kappa shape index (κ3) is 4.16. The lowest BCUT2D eigenvalue weighted by molar-refractivity contribution is 0.102. The minimum atomic E-state index is -0.226. The maximum Gasteiger partial charge on any atom is 0.256 e. The molecule has 0 aliphatic rings. The van der Waals surface area contributed by atoms with Gasteiger partial charge >= 0.3 is 0 Å². The number of carbonyl (C=O) groups excluding carboxylic acids is 1. The molecule has 0 bridgehead atoms. The van der Waals surface area contributed by atoms with Crippen molar-refractivity contribution in [1.82, 2.24) is 14.8 Å². The zero-order chi connectivity index (χ0) is 22.8. The molecule has 1 amide bonds. The van der Waals surface area contributed by atoms with Crippen molar-refractivity contribution < 1.29 is 4.79 Å². The lowest BCUT2D eigenvalue weighted by Crippen LogP contribution is -2.15. The fourth-order valence-corrected chi connectivity index (χ4v) is 3.57. The van der Waals surface area contributed by atoms with E-state index in [1.165, 1.54) is 0 Å². The Labute approximate surface area is 187 Å². The molecule has 160 valence electrons. The zero-order valence-electron chi connectivity index (χ0n) is 18.5. The first-order chi connectivity index (χ1) is 15.4. The summed E-state index contributed by atoms with van der Waals surface area (Å²) >= 11 is 0. The monoisotopic (exact) mass is 423 g/mol. The molecule has 0 saturated carbocycles. The van der Waals surface area contributed by atoms with Gasteiger partial charge in [-0.15, -0.1) is 0 Å². The van der Waals surface area contributed by atoms with Crippen LogP contribution in [0.4, 0.5) is 11.5 Å². The molecule has 2 aromatic carbocycles. The van der Waals surface area contributed by atoms with Gasteiger partial charge in [0.1, 0.15) is 5.82 Å². The van der Waals surface area contributed by atoms with Crippen molar-refractivity contribution in [2.24, 2.45) is 7.05 Å². The Hall–Kier alpha value is -4.19. The van der Waals surface area contributed by atoms with Crippen molar-refractivity contribution in [3.05, 3.63) is 91.5 Å². The highest BCUT2D eigenvalue weighted by atomic mass is 16.1. The van der Waals surface area contributed by atoms with Gasteiger partial charge in [-0.3, -0.25) is 9.48 Å². The molecule has 0 atom stereocenters. The fourth-order valence-electron chi connectivity index (χ4n) is 3.57. The summed E-state index contributed by atoms with van der Waals surface area (Å²) in [4.78, 5) is 19.2. The molecule has 4 rings (SSSR count). The second kappa shape index (κ2) is 8.51. The van der Waals surface area contributed by atoms with Gasteiger partial charge in [0.05, 0.1) is 6.20 Å². The number of allylic oxidation sites excluding steroid dienone is 1. The second-order valence-corrected chi connectivity index (χ2v) is 7.79. The van der Waals surface area contributed by atoms with Gasteiger partial charge in [0.2, 0.25) is 0 Å². The summed E-state index contributed by atoms with van der Waals surface area (Å²) in [5, 5.41) is 9.14. The average Bonchev–Trinajstić information content (AvgIpc) is 3.23. The number of hydrogen-bond donors (Lipinski definition) is 1. The van der Waals surface area contributed by atoms with Gasteiger partial charge in [-0.1, -0.05) is 25.3 Å². The van der Waals surface area contributed by atoms with Gasteiger partial charge in [-0.05, 0) is 60.0 Å². The van der Waals surface area contributed by atoms with Gasteiger partial charge in [0, 0.05) is 54.3 Å². The summed E-state index contributed by atoms with van der Waals surface area (Å²) in [7, 11) is 3.80. The molecule has 0 radical (unpaired) electrons. The van der Waals surface area contributed by atoms with Crippen molar-refractivity contribution in [2.75, 3.05) is 17.3 Å². The molecule has 0 aliphatic carbocycles. The molecule has 32 heavy (non-hydrogen) atoms. The van der Waals surface area contributed by atoms with Crippen molar-refractivity contribution in [3.63, 3.8) is 0 Å². The van der Waals surface area contributed by atoms with Gasteiger partial charge in [0.15, 0.2) is 0 Å². The number of rotatable bonds is 6. The summed E-state index contributed by atoms with van der Waals surface area (Å²) in [5.41, 5.74) is 5.34. The van der Waals surface area contributed by atoms with E-state index < -0.39 is 0 Å². The van der Waals surface area contributed by atoms with E-state index in [2.05, 4.69) is 34.6 Å². The number of amides is 1. The molecule has 0 spiro atoms. The van der Waals surface area contributed by atoms with Crippen LogP contribution in [0.2, 0.25) is 0 Å². The van der Waals surface area contributed by atoms with E-state index in [1.54, 1.807) is 23.1 Å². The smallest absolute Gasteiger partial charge is 0.256 e. The summed E-state index contributed by atoms with van der Waals surface area (Å²) in [6, 6.07) is 13.5. The maximum absolute atomic E-state index is 12.9. The summed E-state index contributed by atoms with van der Waals surface area (Å²) in [6.45, 7) is 9.77. The van der Waals surface area contributed by atoms with Crippen molar-refractivity contribution >= 4 is 33.8 Å². The van der Waals surface area contributed by atoms with E-state index in [-0.39, 0.29) is 5.91 Å². The van der Waals surface area contributed by atoms with Crippen LogP contribution in [-0.4, -0.2) is 27.7 Å². The van der Waals surface area contributed by atoms with Crippen LogP contribution in [0.5, 0.6) is 0 Å². The van der Waals surface area contributed by atoms with Crippen molar-refractivity contribution in [3.8, 4) is 11.1 Å². The van der Waals surface area contributed by atoms with Crippen LogP contribution in [0.1, 0.15) is 22.8 Å². The Balaban J connectivity index is 1.62. The van der Waals surface area contributed by atoms with Crippen molar-refractivity contribution in [2.45, 2.75) is 6.92 Å². The summed E-state index contributed by atoms with van der Waals surface area (Å²) < 4.78 is 1.77. The molecule has 2 aromatic heterocycles. The molecule has 0 aliphatic heterocycles. The highest BCUT2D eigenvalue weighted by molar-refractivity contribution is 6.05.